The van der Waals surface area contributed by atoms with Crippen LogP contribution in [-0.2, 0) is 11.2 Å². The van der Waals surface area contributed by atoms with Crippen LogP contribution >= 0.6 is 0 Å². The van der Waals surface area contributed by atoms with Gasteiger partial charge in [0.2, 0.25) is 0 Å². The predicted molar refractivity (Wildman–Crippen MR) is 98.7 cm³/mol. The summed E-state index contributed by atoms with van der Waals surface area (Å²) in [5.41, 5.74) is 2.32. The summed E-state index contributed by atoms with van der Waals surface area (Å²) in [7, 11) is 0. The summed E-state index contributed by atoms with van der Waals surface area (Å²) in [5.74, 6) is 0.637. The largest absolute Gasteiger partial charge is 0.378 e. The fourth-order valence-corrected chi connectivity index (χ4v) is 4.13. The molecule has 2 fully saturated rings. The quantitative estimate of drug-likeness (QED) is 0.896. The van der Waals surface area contributed by atoms with Crippen LogP contribution in [0.25, 0.3) is 10.9 Å². The molecule has 5 nitrogen and oxygen atoms in total. The lowest BCUT2D eigenvalue weighted by atomic mass is 9.90. The molecule has 1 atom stereocenters. The number of piperidine rings is 1. The van der Waals surface area contributed by atoms with Gasteiger partial charge in [0, 0.05) is 43.9 Å². The molecule has 1 aromatic heterocycles. The van der Waals surface area contributed by atoms with Crippen LogP contribution in [-0.4, -0.2) is 48.3 Å². The Morgan fingerprint density at radius 3 is 2.84 bits per heavy atom. The third kappa shape index (κ3) is 3.82. The normalized spacial score (nSPS) is 21.8. The van der Waals surface area contributed by atoms with Gasteiger partial charge in [0.25, 0.3) is 0 Å². The molecule has 1 aromatic carbocycles. The van der Waals surface area contributed by atoms with Crippen molar-refractivity contribution in [3.8, 4) is 0 Å². The van der Waals surface area contributed by atoms with E-state index in [2.05, 4.69) is 28.5 Å². The van der Waals surface area contributed by atoms with Gasteiger partial charge in [0.05, 0.1) is 6.10 Å². The van der Waals surface area contributed by atoms with E-state index in [9.17, 15) is 4.79 Å². The number of H-pyrrole nitrogens is 1. The maximum Gasteiger partial charge on any atom is 0.317 e. The van der Waals surface area contributed by atoms with E-state index in [1.807, 2.05) is 17.0 Å². The van der Waals surface area contributed by atoms with Crippen LogP contribution in [0.4, 0.5) is 4.79 Å². The van der Waals surface area contributed by atoms with Crippen molar-refractivity contribution in [1.29, 1.82) is 0 Å². The molecule has 3 heterocycles. The number of hydrogen-bond acceptors (Lipinski definition) is 2. The first kappa shape index (κ1) is 16.5. The summed E-state index contributed by atoms with van der Waals surface area (Å²) in [6, 6.07) is 10.5. The number of fused-ring (bicyclic) bond motifs is 1. The third-order valence-corrected chi connectivity index (χ3v) is 5.57. The molecule has 0 saturated carbocycles. The molecule has 2 aliphatic heterocycles. The monoisotopic (exact) mass is 341 g/mol. The standard InChI is InChI=1S/C20H27N3O2/c24-20(23-11-8-15(9-12-23)19-6-3-13-25-19)21-10-7-17-14-16-4-1-2-5-18(16)22-17/h1-2,4-5,14-15,19,22H,3,6-13H2,(H,21,24)/t19-/m0/s1. The Balaban J connectivity index is 1.21. The zero-order chi connectivity index (χ0) is 17.1. The van der Waals surface area contributed by atoms with Crippen LogP contribution in [0.15, 0.2) is 30.3 Å². The van der Waals surface area contributed by atoms with E-state index in [0.29, 0.717) is 18.6 Å². The lowest BCUT2D eigenvalue weighted by Crippen LogP contribution is -2.46. The predicted octanol–water partition coefficient (Wildman–Crippen LogP) is 3.31. The number of carbonyl (C=O) groups excluding carboxylic acids is 1. The molecule has 2 aromatic rings. The zero-order valence-corrected chi connectivity index (χ0v) is 14.7. The summed E-state index contributed by atoms with van der Waals surface area (Å²) in [6.45, 7) is 3.28. The van der Waals surface area contributed by atoms with E-state index in [0.717, 1.165) is 44.5 Å². The van der Waals surface area contributed by atoms with Gasteiger partial charge in [-0.1, -0.05) is 18.2 Å². The Hall–Kier alpha value is -2.01. The number of amides is 2. The third-order valence-electron chi connectivity index (χ3n) is 5.57. The highest BCUT2D eigenvalue weighted by molar-refractivity contribution is 5.80. The second kappa shape index (κ2) is 7.48. The van der Waals surface area contributed by atoms with Gasteiger partial charge in [-0.25, -0.2) is 4.79 Å². The smallest absolute Gasteiger partial charge is 0.317 e. The van der Waals surface area contributed by atoms with Crippen molar-refractivity contribution in [3.63, 3.8) is 0 Å². The number of likely N-dealkylation sites (tertiary alicyclic amines) is 1. The molecule has 2 N–H and O–H groups in total. The van der Waals surface area contributed by atoms with E-state index in [1.165, 1.54) is 23.9 Å². The van der Waals surface area contributed by atoms with Gasteiger partial charge in [0.15, 0.2) is 0 Å². The summed E-state index contributed by atoms with van der Waals surface area (Å²) in [6.07, 6.45) is 5.79. The van der Waals surface area contributed by atoms with Crippen LogP contribution in [0.5, 0.6) is 0 Å². The van der Waals surface area contributed by atoms with Gasteiger partial charge < -0.3 is 19.9 Å². The average molecular weight is 341 g/mol. The summed E-state index contributed by atoms with van der Waals surface area (Å²) >= 11 is 0. The van der Waals surface area contributed by atoms with Gasteiger partial charge in [0.1, 0.15) is 0 Å². The number of para-hydroxylation sites is 1. The molecule has 134 valence electrons. The second-order valence-corrected chi connectivity index (χ2v) is 7.24. The van der Waals surface area contributed by atoms with Crippen LogP contribution in [0.2, 0.25) is 0 Å². The lowest BCUT2D eigenvalue weighted by Gasteiger charge is -2.34. The van der Waals surface area contributed by atoms with E-state index in [-0.39, 0.29) is 6.03 Å². The fourth-order valence-electron chi connectivity index (χ4n) is 4.13. The van der Waals surface area contributed by atoms with Crippen molar-refractivity contribution < 1.29 is 9.53 Å². The molecule has 2 amide bonds. The summed E-state index contributed by atoms with van der Waals surface area (Å²) in [5, 5.41) is 4.29. The molecule has 0 aliphatic carbocycles. The highest BCUT2D eigenvalue weighted by Gasteiger charge is 2.30. The maximum absolute atomic E-state index is 12.4. The van der Waals surface area contributed by atoms with Crippen LogP contribution in [0.1, 0.15) is 31.4 Å². The minimum atomic E-state index is 0.0712. The molecule has 2 aliphatic rings. The van der Waals surface area contributed by atoms with Crippen molar-refractivity contribution in [2.45, 2.75) is 38.2 Å². The van der Waals surface area contributed by atoms with Crippen LogP contribution < -0.4 is 5.32 Å². The van der Waals surface area contributed by atoms with Gasteiger partial charge in [-0.15, -0.1) is 0 Å². The number of ether oxygens (including phenoxy) is 1. The molecule has 5 heteroatoms. The Kier molecular flexibility index (Phi) is 4.92. The van der Waals surface area contributed by atoms with E-state index in [4.69, 9.17) is 4.74 Å². The summed E-state index contributed by atoms with van der Waals surface area (Å²) in [4.78, 5) is 17.7. The van der Waals surface area contributed by atoms with Crippen molar-refractivity contribution in [2.24, 2.45) is 5.92 Å². The molecule has 0 radical (unpaired) electrons. The molecule has 25 heavy (non-hydrogen) atoms. The second-order valence-electron chi connectivity index (χ2n) is 7.24. The van der Waals surface area contributed by atoms with Crippen molar-refractivity contribution in [1.82, 2.24) is 15.2 Å². The number of benzene rings is 1. The number of aromatic amines is 1. The van der Waals surface area contributed by atoms with Crippen molar-refractivity contribution >= 4 is 16.9 Å². The van der Waals surface area contributed by atoms with Gasteiger partial charge in [-0.2, -0.15) is 0 Å². The molecule has 0 bridgehead atoms. The minimum absolute atomic E-state index is 0.0712. The van der Waals surface area contributed by atoms with Crippen molar-refractivity contribution in [3.05, 3.63) is 36.0 Å². The minimum Gasteiger partial charge on any atom is -0.378 e. The number of nitrogens with zero attached hydrogens (tertiary/aromatic N) is 1. The van der Waals surface area contributed by atoms with Crippen LogP contribution in [0, 0.1) is 5.92 Å². The van der Waals surface area contributed by atoms with Gasteiger partial charge in [-0.05, 0) is 49.1 Å². The first-order chi connectivity index (χ1) is 12.3. The Morgan fingerprint density at radius 1 is 1.24 bits per heavy atom. The lowest BCUT2D eigenvalue weighted by molar-refractivity contribution is 0.0372. The topological polar surface area (TPSA) is 57.4 Å². The first-order valence-electron chi connectivity index (χ1n) is 9.50. The van der Waals surface area contributed by atoms with Crippen LogP contribution in [0.3, 0.4) is 0 Å². The van der Waals surface area contributed by atoms with Gasteiger partial charge >= 0.3 is 6.03 Å². The highest BCUT2D eigenvalue weighted by atomic mass is 16.5. The molecule has 0 unspecified atom stereocenters. The van der Waals surface area contributed by atoms with Gasteiger partial charge in [-0.3, -0.25) is 0 Å². The molecular weight excluding hydrogens is 314 g/mol. The molecule has 2 saturated heterocycles. The zero-order valence-electron chi connectivity index (χ0n) is 14.7. The molecule has 0 spiro atoms. The van der Waals surface area contributed by atoms with E-state index >= 15 is 0 Å². The summed E-state index contributed by atoms with van der Waals surface area (Å²) < 4.78 is 5.80. The van der Waals surface area contributed by atoms with E-state index < -0.39 is 0 Å². The SMILES string of the molecule is O=C(NCCc1cc2ccccc2[nH]1)N1CCC([C@@H]2CCCO2)CC1. The fraction of sp³-hybridized carbons (Fsp3) is 0.550. The number of hydrogen-bond donors (Lipinski definition) is 2. The number of aromatic nitrogens is 1. The molecular formula is C20H27N3O2. The Morgan fingerprint density at radius 2 is 2.08 bits per heavy atom. The number of nitrogens with one attached hydrogen (secondary N) is 2. The average Bonchev–Trinajstić information content (AvgIpc) is 3.31. The maximum atomic E-state index is 12.4. The number of urea groups is 1. The van der Waals surface area contributed by atoms with E-state index in [1.54, 1.807) is 0 Å². The number of carbonyl (C=O) groups is 1. The first-order valence-corrected chi connectivity index (χ1v) is 9.50. The number of rotatable bonds is 4. The Labute approximate surface area is 148 Å². The molecule has 4 rings (SSSR count). The Bertz CT molecular complexity index is 680. The van der Waals surface area contributed by atoms with Crippen molar-refractivity contribution in [2.75, 3.05) is 26.2 Å². The highest BCUT2D eigenvalue weighted by Crippen LogP contribution is 2.28.